The summed E-state index contributed by atoms with van der Waals surface area (Å²) >= 11 is 0. The van der Waals surface area contributed by atoms with Crippen LogP contribution in [0.5, 0.6) is 0 Å². The van der Waals surface area contributed by atoms with E-state index in [-0.39, 0.29) is 5.54 Å². The molecular weight excluding hydrogens is 246 g/mol. The van der Waals surface area contributed by atoms with Crippen LogP contribution in [0.1, 0.15) is 59.9 Å². The molecule has 0 aliphatic carbocycles. The third-order valence-corrected chi connectivity index (χ3v) is 3.88. The first-order valence-electron chi connectivity index (χ1n) is 8.07. The summed E-state index contributed by atoms with van der Waals surface area (Å²) in [5.41, 5.74) is 2.79. The van der Waals surface area contributed by atoms with Gasteiger partial charge in [-0.3, -0.25) is 4.68 Å². The molecule has 1 rings (SSSR count). The van der Waals surface area contributed by atoms with E-state index >= 15 is 0 Å². The Morgan fingerprint density at radius 2 is 1.90 bits per heavy atom. The van der Waals surface area contributed by atoms with Crippen molar-refractivity contribution in [1.82, 2.24) is 15.1 Å². The van der Waals surface area contributed by atoms with Crippen LogP contribution >= 0.6 is 0 Å². The quantitative estimate of drug-likeness (QED) is 0.825. The number of aryl methyl sites for hydroxylation is 2. The van der Waals surface area contributed by atoms with Gasteiger partial charge in [-0.2, -0.15) is 5.10 Å². The molecule has 116 valence electrons. The van der Waals surface area contributed by atoms with Gasteiger partial charge in [-0.1, -0.05) is 20.8 Å². The van der Waals surface area contributed by atoms with E-state index in [2.05, 4.69) is 69.6 Å². The number of aromatic nitrogens is 2. The minimum atomic E-state index is 0.187. The highest BCUT2D eigenvalue weighted by atomic mass is 15.3. The van der Waals surface area contributed by atoms with Gasteiger partial charge in [0.2, 0.25) is 0 Å². The fourth-order valence-corrected chi connectivity index (χ4v) is 2.38. The molecule has 3 nitrogen and oxygen atoms in total. The Morgan fingerprint density at radius 3 is 2.35 bits per heavy atom. The molecule has 1 unspecified atom stereocenters. The Balaban J connectivity index is 2.77. The maximum atomic E-state index is 4.66. The lowest BCUT2D eigenvalue weighted by Gasteiger charge is -2.27. The molecule has 1 atom stereocenters. The predicted molar refractivity (Wildman–Crippen MR) is 87.1 cm³/mol. The Kier molecular flexibility index (Phi) is 6.25. The van der Waals surface area contributed by atoms with Gasteiger partial charge in [0.1, 0.15) is 0 Å². The Labute approximate surface area is 125 Å². The maximum Gasteiger partial charge on any atom is 0.0624 e. The van der Waals surface area contributed by atoms with E-state index in [0.717, 1.165) is 25.9 Å². The van der Waals surface area contributed by atoms with Crippen molar-refractivity contribution in [3.05, 3.63) is 17.5 Å². The molecule has 0 aromatic carbocycles. The van der Waals surface area contributed by atoms with Gasteiger partial charge in [0.25, 0.3) is 0 Å². The molecule has 0 aliphatic heterocycles. The normalized spacial score (nSPS) is 14.0. The molecule has 3 heteroatoms. The molecule has 0 radical (unpaired) electrons. The SMILES string of the molecule is CCc1cc(CC(CNC(C)(C)C)C(C)C)n(CC)n1. The number of nitrogens with one attached hydrogen (secondary N) is 1. The number of nitrogens with zero attached hydrogens (tertiary/aromatic N) is 2. The van der Waals surface area contributed by atoms with Crippen LogP contribution in [0, 0.1) is 11.8 Å². The maximum absolute atomic E-state index is 4.66. The second-order valence-corrected chi connectivity index (χ2v) is 7.14. The monoisotopic (exact) mass is 279 g/mol. The third-order valence-electron chi connectivity index (χ3n) is 3.88. The van der Waals surface area contributed by atoms with E-state index in [1.165, 1.54) is 11.4 Å². The zero-order valence-electron chi connectivity index (χ0n) is 14.5. The lowest BCUT2D eigenvalue weighted by Crippen LogP contribution is -2.40. The number of hydrogen-bond donors (Lipinski definition) is 1. The molecular formula is C17H33N3. The van der Waals surface area contributed by atoms with Crippen LogP contribution in [0.2, 0.25) is 0 Å². The summed E-state index contributed by atoms with van der Waals surface area (Å²) in [6, 6.07) is 2.29. The van der Waals surface area contributed by atoms with E-state index < -0.39 is 0 Å². The molecule has 0 aliphatic rings. The zero-order chi connectivity index (χ0) is 15.3. The second-order valence-electron chi connectivity index (χ2n) is 7.14. The summed E-state index contributed by atoms with van der Waals surface area (Å²) in [5.74, 6) is 1.33. The van der Waals surface area contributed by atoms with Gasteiger partial charge in [-0.05, 0) is 65.0 Å². The zero-order valence-corrected chi connectivity index (χ0v) is 14.5. The van der Waals surface area contributed by atoms with Crippen LogP contribution in [0.3, 0.4) is 0 Å². The summed E-state index contributed by atoms with van der Waals surface area (Å²) in [5, 5.41) is 8.32. The minimum absolute atomic E-state index is 0.187. The van der Waals surface area contributed by atoms with E-state index in [9.17, 15) is 0 Å². The highest BCUT2D eigenvalue weighted by Gasteiger charge is 2.19. The van der Waals surface area contributed by atoms with Gasteiger partial charge in [0.15, 0.2) is 0 Å². The van der Waals surface area contributed by atoms with E-state index in [1.54, 1.807) is 0 Å². The minimum Gasteiger partial charge on any atom is -0.312 e. The van der Waals surface area contributed by atoms with Crippen LogP contribution in [0.15, 0.2) is 6.07 Å². The molecule has 0 spiro atoms. The molecule has 0 fully saturated rings. The molecule has 0 amide bonds. The van der Waals surface area contributed by atoms with Crippen molar-refractivity contribution in [3.63, 3.8) is 0 Å². The van der Waals surface area contributed by atoms with Crippen molar-refractivity contribution in [1.29, 1.82) is 0 Å². The first-order valence-corrected chi connectivity index (χ1v) is 8.07. The van der Waals surface area contributed by atoms with Crippen molar-refractivity contribution in [2.45, 2.75) is 73.4 Å². The Hall–Kier alpha value is -0.830. The summed E-state index contributed by atoms with van der Waals surface area (Å²) in [4.78, 5) is 0. The predicted octanol–water partition coefficient (Wildman–Crippen LogP) is 3.67. The molecule has 0 bridgehead atoms. The largest absolute Gasteiger partial charge is 0.312 e. The second kappa shape index (κ2) is 7.26. The van der Waals surface area contributed by atoms with Gasteiger partial charge < -0.3 is 5.32 Å². The number of hydrogen-bond acceptors (Lipinski definition) is 2. The standard InChI is InChI=1S/C17H33N3/c1-8-15-11-16(20(9-2)19-15)10-14(13(3)4)12-18-17(5,6)7/h11,13-14,18H,8-10,12H2,1-7H3. The first kappa shape index (κ1) is 17.2. The van der Waals surface area contributed by atoms with E-state index in [0.29, 0.717) is 11.8 Å². The van der Waals surface area contributed by atoms with Crippen molar-refractivity contribution in [3.8, 4) is 0 Å². The molecule has 1 aromatic rings. The summed E-state index contributed by atoms with van der Waals surface area (Å²) in [6.07, 6.45) is 2.13. The fraction of sp³-hybridized carbons (Fsp3) is 0.824. The fourth-order valence-electron chi connectivity index (χ4n) is 2.38. The van der Waals surface area contributed by atoms with Gasteiger partial charge in [-0.15, -0.1) is 0 Å². The van der Waals surface area contributed by atoms with Crippen LogP contribution in [0.4, 0.5) is 0 Å². The van der Waals surface area contributed by atoms with Crippen LogP contribution < -0.4 is 5.32 Å². The first-order chi connectivity index (χ1) is 9.26. The Bertz CT molecular complexity index is 399. The average molecular weight is 279 g/mol. The van der Waals surface area contributed by atoms with Crippen molar-refractivity contribution >= 4 is 0 Å². The highest BCUT2D eigenvalue weighted by molar-refractivity contribution is 5.11. The third kappa shape index (κ3) is 5.28. The summed E-state index contributed by atoms with van der Waals surface area (Å²) < 4.78 is 2.17. The molecule has 1 aromatic heterocycles. The van der Waals surface area contributed by atoms with E-state index in [1.807, 2.05) is 0 Å². The van der Waals surface area contributed by atoms with E-state index in [4.69, 9.17) is 0 Å². The van der Waals surface area contributed by atoms with Crippen molar-refractivity contribution in [2.24, 2.45) is 11.8 Å². The molecule has 1 N–H and O–H groups in total. The van der Waals surface area contributed by atoms with Crippen LogP contribution in [-0.4, -0.2) is 21.9 Å². The molecule has 0 saturated carbocycles. The summed E-state index contributed by atoms with van der Waals surface area (Å²) in [6.45, 7) is 17.7. The van der Waals surface area contributed by atoms with Gasteiger partial charge in [0, 0.05) is 17.8 Å². The topological polar surface area (TPSA) is 29.9 Å². The van der Waals surface area contributed by atoms with Crippen molar-refractivity contribution in [2.75, 3.05) is 6.54 Å². The molecule has 0 saturated heterocycles. The molecule has 20 heavy (non-hydrogen) atoms. The van der Waals surface area contributed by atoms with Crippen LogP contribution in [-0.2, 0) is 19.4 Å². The van der Waals surface area contributed by atoms with Gasteiger partial charge in [0.05, 0.1) is 5.69 Å². The van der Waals surface area contributed by atoms with Crippen molar-refractivity contribution < 1.29 is 0 Å². The molecule has 1 heterocycles. The summed E-state index contributed by atoms with van der Waals surface area (Å²) in [7, 11) is 0. The number of rotatable bonds is 7. The Morgan fingerprint density at radius 1 is 1.25 bits per heavy atom. The lowest BCUT2D eigenvalue weighted by molar-refractivity contribution is 0.307. The average Bonchev–Trinajstić information content (AvgIpc) is 2.75. The highest BCUT2D eigenvalue weighted by Crippen LogP contribution is 2.19. The van der Waals surface area contributed by atoms with Gasteiger partial charge in [-0.25, -0.2) is 0 Å². The smallest absolute Gasteiger partial charge is 0.0624 e. The van der Waals surface area contributed by atoms with Crippen LogP contribution in [0.25, 0.3) is 0 Å². The van der Waals surface area contributed by atoms with Gasteiger partial charge >= 0.3 is 0 Å². The lowest BCUT2D eigenvalue weighted by atomic mass is 9.90.